The van der Waals surface area contributed by atoms with Gasteiger partial charge in [-0.2, -0.15) is 22.7 Å². The summed E-state index contributed by atoms with van der Waals surface area (Å²) < 4.78 is 47.9. The molecule has 2 aromatic rings. The van der Waals surface area contributed by atoms with Gasteiger partial charge in [0.1, 0.15) is 11.4 Å². The lowest BCUT2D eigenvalue weighted by atomic mass is 9.76. The molecule has 1 aliphatic carbocycles. The number of hydrogen-bond acceptors (Lipinski definition) is 11. The molecule has 3 atom stereocenters. The molecule has 1 aromatic heterocycles. The zero-order valence-corrected chi connectivity index (χ0v) is 35.3. The van der Waals surface area contributed by atoms with Crippen molar-refractivity contribution in [3.05, 3.63) is 53.2 Å². The van der Waals surface area contributed by atoms with Crippen molar-refractivity contribution in [2.45, 2.75) is 119 Å². The highest BCUT2D eigenvalue weighted by Crippen LogP contribution is 2.42. The molecular weight excluding hydrogens is 813 g/mol. The van der Waals surface area contributed by atoms with Crippen molar-refractivity contribution in [3.63, 3.8) is 0 Å². The number of imide groups is 2. The molecule has 0 radical (unpaired) electrons. The molecular formula is C40H50ClF3N8O6S. The van der Waals surface area contributed by atoms with Crippen LogP contribution in [0.15, 0.2) is 41.4 Å². The number of hydrogen-bond donors (Lipinski definition) is 2. The normalized spacial score (nSPS) is 26.6. The van der Waals surface area contributed by atoms with Crippen LogP contribution in [-0.4, -0.2) is 116 Å². The van der Waals surface area contributed by atoms with E-state index in [1.165, 1.54) is 12.1 Å². The number of nitrogens with one attached hydrogen (secondary N) is 2. The van der Waals surface area contributed by atoms with E-state index in [9.17, 15) is 37.1 Å². The first-order chi connectivity index (χ1) is 27.3. The fourth-order valence-electron chi connectivity index (χ4n) is 8.49. The predicted octanol–water partition coefficient (Wildman–Crippen LogP) is 5.50. The second-order valence-corrected chi connectivity index (χ2v) is 17.4. The molecule has 6 amide bonds. The molecule has 0 spiro atoms. The largest absolute Gasteiger partial charge is 0.417 e. The molecule has 0 bridgehead atoms. The van der Waals surface area contributed by atoms with Gasteiger partial charge in [-0.15, -0.1) is 12.4 Å². The molecule has 1 aromatic carbocycles. The summed E-state index contributed by atoms with van der Waals surface area (Å²) in [6, 6.07) is 7.46. The average molecular weight is 863 g/mol. The van der Waals surface area contributed by atoms with Crippen molar-refractivity contribution >= 4 is 59.8 Å². The standard InChI is InChI=1S/C40H49F3N8O6S.ClH/c1-24-21-48(22-25(2)49(24)23-34(53)46-32-13-7-27(20-45-32)39(5)15-14-33(52)47-35(39)54)16-17-57-29-10-8-28(9-11-29)50-37(56)51(36(55)38(50,3)4)58-30-12-6-26(19-44)31(18-30)40(41,42)43;/h6-7,12-13,18,20,24-25,28-29H,8-11,14-17,21-23H2,1-5H3,(H,45,46,53)(H,47,52,54);1H/t24-,25+,28?,29?,39-;/m0./s1. The summed E-state index contributed by atoms with van der Waals surface area (Å²) in [7, 11) is 0. The van der Waals surface area contributed by atoms with Crippen molar-refractivity contribution < 1.29 is 41.9 Å². The molecule has 19 heteroatoms. The number of benzene rings is 1. The fraction of sp³-hybridized carbons (Fsp3) is 0.575. The van der Waals surface area contributed by atoms with Gasteiger partial charge < -0.3 is 15.0 Å². The molecule has 2 N–H and O–H groups in total. The first-order valence-electron chi connectivity index (χ1n) is 19.5. The third kappa shape index (κ3) is 9.86. The number of nitrogens with zero attached hydrogens (tertiary/aromatic N) is 6. The second kappa shape index (κ2) is 18.1. The van der Waals surface area contributed by atoms with Gasteiger partial charge >= 0.3 is 12.2 Å². The number of piperidine rings is 1. The quantitative estimate of drug-likeness (QED) is 0.166. The number of rotatable bonds is 11. The van der Waals surface area contributed by atoms with Crippen molar-refractivity contribution in [2.24, 2.45) is 0 Å². The maximum atomic E-state index is 13.6. The Labute approximate surface area is 352 Å². The molecule has 3 saturated heterocycles. The monoisotopic (exact) mass is 862 g/mol. The summed E-state index contributed by atoms with van der Waals surface area (Å²) in [5, 5.41) is 14.4. The number of anilines is 1. The molecule has 4 fully saturated rings. The Bertz CT molecular complexity index is 1960. The van der Waals surface area contributed by atoms with Crippen molar-refractivity contribution in [2.75, 3.05) is 38.1 Å². The van der Waals surface area contributed by atoms with Gasteiger partial charge in [0.2, 0.25) is 17.7 Å². The highest BCUT2D eigenvalue weighted by Gasteiger charge is 2.55. The predicted molar refractivity (Wildman–Crippen MR) is 214 cm³/mol. The number of carbonyl (C=O) groups is 5. The minimum absolute atomic E-state index is 0. The van der Waals surface area contributed by atoms with E-state index in [1.807, 2.05) is 0 Å². The molecule has 4 heterocycles. The van der Waals surface area contributed by atoms with Crippen LogP contribution in [0.1, 0.15) is 89.8 Å². The SMILES string of the molecule is C[C@@H]1CN(CCOC2CCC(N3C(=O)N(Sc4ccc(C#N)c(C(F)(F)F)c4)C(=O)C3(C)C)CC2)C[C@H](C)N1CC(=O)Nc1ccc([C@]2(C)CCC(=O)NC2=O)cn1.Cl. The van der Waals surface area contributed by atoms with Gasteiger partial charge in [-0.05, 0) is 108 Å². The molecule has 59 heavy (non-hydrogen) atoms. The van der Waals surface area contributed by atoms with Gasteiger partial charge in [0.25, 0.3) is 5.91 Å². The van der Waals surface area contributed by atoms with Crippen LogP contribution in [0, 0.1) is 11.3 Å². The van der Waals surface area contributed by atoms with Gasteiger partial charge in [-0.25, -0.2) is 9.78 Å². The number of nitriles is 1. The number of carbonyl (C=O) groups excluding carboxylic acids is 5. The van der Waals surface area contributed by atoms with Crippen molar-refractivity contribution in [1.29, 1.82) is 5.26 Å². The Morgan fingerprint density at radius 3 is 2.32 bits per heavy atom. The molecule has 1 saturated carbocycles. The number of ether oxygens (including phenoxy) is 1. The Morgan fingerprint density at radius 2 is 1.73 bits per heavy atom. The van der Waals surface area contributed by atoms with Crippen molar-refractivity contribution in [1.82, 2.24) is 29.3 Å². The maximum absolute atomic E-state index is 13.6. The number of halogens is 4. The van der Waals surface area contributed by atoms with E-state index < -0.39 is 40.2 Å². The molecule has 0 unspecified atom stereocenters. The minimum atomic E-state index is -4.77. The van der Waals surface area contributed by atoms with Gasteiger partial charge in [-0.1, -0.05) is 6.07 Å². The first-order valence-corrected chi connectivity index (χ1v) is 20.3. The van der Waals surface area contributed by atoms with Crippen LogP contribution in [0.4, 0.5) is 23.8 Å². The summed E-state index contributed by atoms with van der Waals surface area (Å²) in [4.78, 5) is 74.6. The Kier molecular flexibility index (Phi) is 14.1. The number of piperazine rings is 1. The van der Waals surface area contributed by atoms with E-state index in [2.05, 4.69) is 39.3 Å². The number of urea groups is 1. The Balaban J connectivity index is 0.00000661. The number of pyridine rings is 1. The molecule has 14 nitrogen and oxygen atoms in total. The fourth-order valence-corrected chi connectivity index (χ4v) is 9.47. The molecule has 6 rings (SSSR count). The first kappa shape index (κ1) is 45.8. The summed E-state index contributed by atoms with van der Waals surface area (Å²) in [6.45, 7) is 12.1. The third-order valence-electron chi connectivity index (χ3n) is 11.9. The van der Waals surface area contributed by atoms with E-state index in [0.29, 0.717) is 68.6 Å². The third-order valence-corrected chi connectivity index (χ3v) is 12.8. The van der Waals surface area contributed by atoms with E-state index in [1.54, 1.807) is 44.0 Å². The van der Waals surface area contributed by atoms with Crippen LogP contribution in [0.25, 0.3) is 0 Å². The summed E-state index contributed by atoms with van der Waals surface area (Å²) in [5.41, 5.74) is -3.05. The lowest BCUT2D eigenvalue weighted by Gasteiger charge is -2.44. The van der Waals surface area contributed by atoms with E-state index >= 15 is 0 Å². The van der Waals surface area contributed by atoms with Crippen LogP contribution in [0.5, 0.6) is 0 Å². The summed E-state index contributed by atoms with van der Waals surface area (Å²) >= 11 is 0.631. The van der Waals surface area contributed by atoms with Gasteiger partial charge in [0, 0.05) is 55.3 Å². The Morgan fingerprint density at radius 1 is 1.05 bits per heavy atom. The minimum Gasteiger partial charge on any atom is -0.377 e. The number of alkyl halides is 3. The maximum Gasteiger partial charge on any atom is 0.417 e. The van der Waals surface area contributed by atoms with Crippen LogP contribution in [-0.2, 0) is 35.5 Å². The van der Waals surface area contributed by atoms with Crippen LogP contribution in [0.2, 0.25) is 0 Å². The van der Waals surface area contributed by atoms with Gasteiger partial charge in [-0.3, -0.25) is 34.3 Å². The molecule has 3 aliphatic heterocycles. The number of aromatic nitrogens is 1. The van der Waals surface area contributed by atoms with Crippen molar-refractivity contribution in [3.8, 4) is 6.07 Å². The summed E-state index contributed by atoms with van der Waals surface area (Å²) in [5.74, 6) is -0.979. The van der Waals surface area contributed by atoms with Gasteiger partial charge in [0.15, 0.2) is 0 Å². The highest BCUT2D eigenvalue weighted by molar-refractivity contribution is 7.98. The van der Waals surface area contributed by atoms with Crippen LogP contribution < -0.4 is 10.6 Å². The summed E-state index contributed by atoms with van der Waals surface area (Å²) in [6.07, 6.45) is -0.0129. The van der Waals surface area contributed by atoms with Crippen LogP contribution >= 0.6 is 24.4 Å². The van der Waals surface area contributed by atoms with Gasteiger partial charge in [0.05, 0.1) is 41.9 Å². The second-order valence-electron chi connectivity index (χ2n) is 16.3. The average Bonchev–Trinajstić information content (AvgIpc) is 3.33. The highest BCUT2D eigenvalue weighted by atomic mass is 35.5. The van der Waals surface area contributed by atoms with Crippen LogP contribution in [0.3, 0.4) is 0 Å². The topological polar surface area (TPSA) is 168 Å². The zero-order valence-electron chi connectivity index (χ0n) is 33.6. The smallest absolute Gasteiger partial charge is 0.377 e. The molecule has 4 aliphatic rings. The zero-order chi connectivity index (χ0) is 42.2. The lowest BCUT2D eigenvalue weighted by molar-refractivity contribution is -0.138. The molecule has 320 valence electrons. The number of amides is 6. The van der Waals surface area contributed by atoms with E-state index in [4.69, 9.17) is 10.00 Å². The van der Waals surface area contributed by atoms with E-state index in [0.717, 1.165) is 29.5 Å². The van der Waals surface area contributed by atoms with E-state index in [-0.39, 0.29) is 72.2 Å². The Hall–Kier alpha value is -4.28. The lowest BCUT2D eigenvalue weighted by Crippen LogP contribution is -2.58.